The lowest BCUT2D eigenvalue weighted by Gasteiger charge is -2.13. The smallest absolute Gasteiger partial charge is 0.157 e. The molecule has 0 aliphatic carbocycles. The second kappa shape index (κ2) is 5.92. The van der Waals surface area contributed by atoms with Crippen LogP contribution in [-0.4, -0.2) is 17.0 Å². The summed E-state index contributed by atoms with van der Waals surface area (Å²) in [5.74, 6) is 0.232. The summed E-state index contributed by atoms with van der Waals surface area (Å²) >= 11 is 0. The Labute approximate surface area is 80.7 Å². The first-order valence-corrected chi connectivity index (χ1v) is 4.92. The third-order valence-electron chi connectivity index (χ3n) is 2.30. The van der Waals surface area contributed by atoms with Crippen LogP contribution in [0.4, 0.5) is 0 Å². The number of hydrogen-bond acceptors (Lipinski definition) is 2. The van der Waals surface area contributed by atoms with Gasteiger partial charge < -0.3 is 5.11 Å². The normalized spacial score (nSPS) is 16.8. The molecule has 0 aromatic carbocycles. The second-order valence-electron chi connectivity index (χ2n) is 3.46. The van der Waals surface area contributed by atoms with Crippen LogP contribution in [-0.2, 0) is 4.79 Å². The van der Waals surface area contributed by atoms with Gasteiger partial charge in [-0.1, -0.05) is 26.8 Å². The Hall–Kier alpha value is -0.630. The molecule has 0 bridgehead atoms. The van der Waals surface area contributed by atoms with Gasteiger partial charge in [0.25, 0.3) is 0 Å². The van der Waals surface area contributed by atoms with Crippen LogP contribution >= 0.6 is 0 Å². The molecule has 0 fully saturated rings. The van der Waals surface area contributed by atoms with Crippen LogP contribution in [0.3, 0.4) is 0 Å². The molecule has 0 rings (SSSR count). The summed E-state index contributed by atoms with van der Waals surface area (Å²) in [4.78, 5) is 11.2. The Kier molecular flexibility index (Phi) is 5.63. The molecule has 0 amide bonds. The highest BCUT2D eigenvalue weighted by Crippen LogP contribution is 2.11. The first-order chi connectivity index (χ1) is 6.02. The zero-order valence-corrected chi connectivity index (χ0v) is 9.00. The number of Topliss-reactive ketones (excluding diaryl/α,β-unsaturated/α-hetero) is 1. The number of hydrogen-bond donors (Lipinski definition) is 1. The number of carbonyl (C=O) groups excluding carboxylic acids is 1. The van der Waals surface area contributed by atoms with E-state index in [1.165, 1.54) is 0 Å². The average Bonchev–Trinajstić information content (AvgIpc) is 2.14. The maximum absolute atomic E-state index is 11.2. The number of rotatable bonds is 5. The number of allylic oxidation sites excluding steroid dienone is 1. The van der Waals surface area contributed by atoms with E-state index in [1.807, 2.05) is 33.8 Å². The quantitative estimate of drug-likeness (QED) is 0.666. The fraction of sp³-hybridized carbons (Fsp3) is 0.727. The molecule has 13 heavy (non-hydrogen) atoms. The van der Waals surface area contributed by atoms with Gasteiger partial charge in [0.1, 0.15) is 0 Å². The molecular weight excluding hydrogens is 164 g/mol. The lowest BCUT2D eigenvalue weighted by Crippen LogP contribution is -2.15. The van der Waals surface area contributed by atoms with Crippen molar-refractivity contribution in [2.24, 2.45) is 5.92 Å². The van der Waals surface area contributed by atoms with Gasteiger partial charge in [-0.3, -0.25) is 4.79 Å². The minimum Gasteiger partial charge on any atom is -0.393 e. The molecule has 0 aromatic rings. The highest BCUT2D eigenvalue weighted by Gasteiger charge is 2.10. The van der Waals surface area contributed by atoms with Crippen LogP contribution in [0.15, 0.2) is 11.6 Å². The highest BCUT2D eigenvalue weighted by molar-refractivity contribution is 5.94. The van der Waals surface area contributed by atoms with Gasteiger partial charge in [0, 0.05) is 12.3 Å². The van der Waals surface area contributed by atoms with Crippen molar-refractivity contribution in [3.63, 3.8) is 0 Å². The number of ketones is 1. The van der Waals surface area contributed by atoms with Crippen LogP contribution in [0.2, 0.25) is 0 Å². The summed E-state index contributed by atoms with van der Waals surface area (Å²) in [7, 11) is 0. The van der Waals surface area contributed by atoms with Crippen molar-refractivity contribution < 1.29 is 9.90 Å². The lowest BCUT2D eigenvalue weighted by molar-refractivity contribution is -0.115. The minimum atomic E-state index is -0.334. The van der Waals surface area contributed by atoms with E-state index in [9.17, 15) is 9.90 Å². The van der Waals surface area contributed by atoms with Crippen LogP contribution in [0.1, 0.15) is 40.5 Å². The van der Waals surface area contributed by atoms with Crippen molar-refractivity contribution in [3.8, 4) is 0 Å². The minimum absolute atomic E-state index is 0.0699. The Morgan fingerprint density at radius 3 is 2.38 bits per heavy atom. The van der Waals surface area contributed by atoms with Gasteiger partial charge in [-0.05, 0) is 18.9 Å². The molecule has 2 nitrogen and oxygen atoms in total. The molecular formula is C11H20O2. The Bertz CT molecular complexity index is 194. The monoisotopic (exact) mass is 184 g/mol. The summed E-state index contributed by atoms with van der Waals surface area (Å²) in [5.41, 5.74) is 0.766. The largest absolute Gasteiger partial charge is 0.393 e. The second-order valence-corrected chi connectivity index (χ2v) is 3.46. The van der Waals surface area contributed by atoms with Crippen LogP contribution in [0.25, 0.3) is 0 Å². The van der Waals surface area contributed by atoms with Gasteiger partial charge in [-0.2, -0.15) is 0 Å². The predicted molar refractivity (Wildman–Crippen MR) is 54.5 cm³/mol. The molecule has 76 valence electrons. The van der Waals surface area contributed by atoms with Crippen molar-refractivity contribution in [2.75, 3.05) is 0 Å². The van der Waals surface area contributed by atoms with E-state index in [1.54, 1.807) is 0 Å². The van der Waals surface area contributed by atoms with Gasteiger partial charge in [-0.15, -0.1) is 0 Å². The first-order valence-electron chi connectivity index (χ1n) is 4.92. The third-order valence-corrected chi connectivity index (χ3v) is 2.30. The van der Waals surface area contributed by atoms with Crippen molar-refractivity contribution in [1.82, 2.24) is 0 Å². The van der Waals surface area contributed by atoms with Gasteiger partial charge >= 0.3 is 0 Å². The topological polar surface area (TPSA) is 37.3 Å². The van der Waals surface area contributed by atoms with Gasteiger partial charge in [0.15, 0.2) is 5.78 Å². The molecule has 2 heteroatoms. The zero-order valence-electron chi connectivity index (χ0n) is 9.00. The van der Waals surface area contributed by atoms with E-state index in [2.05, 4.69) is 0 Å². The Balaban J connectivity index is 4.29. The standard InChI is InChI=1S/C11H20O2/c1-5-10(12)8(3)7-9(4)11(13)6-2/h7-8,10,12H,5-6H2,1-4H3/b9-7+/t8-,10-/m1/s1. The maximum Gasteiger partial charge on any atom is 0.157 e. The molecule has 0 aliphatic rings. The van der Waals surface area contributed by atoms with E-state index >= 15 is 0 Å². The molecule has 0 spiro atoms. The summed E-state index contributed by atoms with van der Waals surface area (Å²) in [6.07, 6.45) is 2.79. The van der Waals surface area contributed by atoms with E-state index < -0.39 is 0 Å². The Morgan fingerprint density at radius 1 is 1.46 bits per heavy atom. The van der Waals surface area contributed by atoms with Gasteiger partial charge in [0.2, 0.25) is 0 Å². The summed E-state index contributed by atoms with van der Waals surface area (Å²) in [6, 6.07) is 0. The number of carbonyl (C=O) groups is 1. The molecule has 0 radical (unpaired) electrons. The fourth-order valence-corrected chi connectivity index (χ4v) is 1.25. The zero-order chi connectivity index (χ0) is 10.4. The van der Waals surface area contributed by atoms with E-state index in [4.69, 9.17) is 0 Å². The van der Waals surface area contributed by atoms with E-state index in [-0.39, 0.29) is 17.8 Å². The van der Waals surface area contributed by atoms with E-state index in [0.29, 0.717) is 6.42 Å². The summed E-state index contributed by atoms with van der Waals surface area (Å²) in [6.45, 7) is 7.53. The van der Waals surface area contributed by atoms with Crippen molar-refractivity contribution >= 4 is 5.78 Å². The van der Waals surface area contributed by atoms with Crippen LogP contribution < -0.4 is 0 Å². The molecule has 0 saturated heterocycles. The molecule has 0 saturated carbocycles. The molecule has 2 atom stereocenters. The number of aliphatic hydroxyl groups is 1. The van der Waals surface area contributed by atoms with Gasteiger partial charge in [-0.25, -0.2) is 0 Å². The SMILES string of the molecule is CCC(=O)/C(C)=C/[C@@H](C)[C@H](O)CC. The van der Waals surface area contributed by atoms with E-state index in [0.717, 1.165) is 12.0 Å². The predicted octanol–water partition coefficient (Wildman–Crippen LogP) is 2.32. The highest BCUT2D eigenvalue weighted by atomic mass is 16.3. The molecule has 0 aromatic heterocycles. The van der Waals surface area contributed by atoms with Crippen molar-refractivity contribution in [1.29, 1.82) is 0 Å². The molecule has 0 aliphatic heterocycles. The van der Waals surface area contributed by atoms with Crippen molar-refractivity contribution in [2.45, 2.75) is 46.6 Å². The fourth-order valence-electron chi connectivity index (χ4n) is 1.25. The van der Waals surface area contributed by atoms with Crippen LogP contribution in [0, 0.1) is 5.92 Å². The van der Waals surface area contributed by atoms with Crippen LogP contribution in [0.5, 0.6) is 0 Å². The van der Waals surface area contributed by atoms with Crippen molar-refractivity contribution in [3.05, 3.63) is 11.6 Å². The summed E-state index contributed by atoms with van der Waals surface area (Å²) < 4.78 is 0. The Morgan fingerprint density at radius 2 is 2.00 bits per heavy atom. The average molecular weight is 184 g/mol. The first kappa shape index (κ1) is 12.4. The molecule has 0 heterocycles. The maximum atomic E-state index is 11.2. The molecule has 0 unspecified atom stereocenters. The summed E-state index contributed by atoms with van der Waals surface area (Å²) in [5, 5.41) is 9.47. The third kappa shape index (κ3) is 4.23. The lowest BCUT2D eigenvalue weighted by atomic mass is 9.98. The molecule has 1 N–H and O–H groups in total. The van der Waals surface area contributed by atoms with Gasteiger partial charge in [0.05, 0.1) is 6.10 Å². The number of aliphatic hydroxyl groups excluding tert-OH is 1.